The number of anilines is 1. The SMILES string of the molecule is COc1ccc(CN2C(=O)C(=Cc3c(NCC4CCCO4)nc4c(C)cccn4c3=O)SC2=S)cc1. The van der Waals surface area contributed by atoms with Crippen LogP contribution in [0.15, 0.2) is 52.3 Å². The Balaban J connectivity index is 1.48. The van der Waals surface area contributed by atoms with Gasteiger partial charge in [-0.05, 0) is 55.2 Å². The molecule has 3 aromatic rings. The van der Waals surface area contributed by atoms with E-state index in [0.29, 0.717) is 39.3 Å². The Morgan fingerprint density at radius 2 is 2.08 bits per heavy atom. The van der Waals surface area contributed by atoms with Crippen LogP contribution in [-0.4, -0.2) is 50.9 Å². The molecule has 2 aliphatic rings. The third kappa shape index (κ3) is 4.88. The van der Waals surface area contributed by atoms with E-state index in [1.807, 2.05) is 43.3 Å². The van der Waals surface area contributed by atoms with Crippen molar-refractivity contribution in [3.05, 3.63) is 74.5 Å². The average Bonchev–Trinajstić information content (AvgIpc) is 3.49. The van der Waals surface area contributed by atoms with E-state index in [4.69, 9.17) is 26.7 Å². The molecule has 0 aliphatic carbocycles. The minimum absolute atomic E-state index is 0.0673. The molecule has 10 heteroatoms. The minimum Gasteiger partial charge on any atom is -0.497 e. The number of amides is 1. The monoisotopic (exact) mass is 522 g/mol. The van der Waals surface area contributed by atoms with Gasteiger partial charge in [0.25, 0.3) is 11.5 Å². The highest BCUT2D eigenvalue weighted by molar-refractivity contribution is 8.26. The van der Waals surface area contributed by atoms with Gasteiger partial charge in [0.05, 0.1) is 30.2 Å². The Morgan fingerprint density at radius 1 is 1.28 bits per heavy atom. The zero-order chi connectivity index (χ0) is 25.2. The summed E-state index contributed by atoms with van der Waals surface area (Å²) in [7, 11) is 1.61. The molecule has 2 fully saturated rings. The number of nitrogens with zero attached hydrogens (tertiary/aromatic N) is 3. The first-order valence-corrected chi connectivity index (χ1v) is 12.9. The number of nitrogens with one attached hydrogen (secondary N) is 1. The smallest absolute Gasteiger partial charge is 0.267 e. The van der Waals surface area contributed by atoms with Gasteiger partial charge in [-0.1, -0.05) is 42.2 Å². The fourth-order valence-corrected chi connectivity index (χ4v) is 5.51. The van der Waals surface area contributed by atoms with Crippen LogP contribution in [-0.2, 0) is 16.1 Å². The van der Waals surface area contributed by atoms with Gasteiger partial charge in [-0.15, -0.1) is 0 Å². The lowest BCUT2D eigenvalue weighted by Gasteiger charge is -2.15. The van der Waals surface area contributed by atoms with Crippen LogP contribution in [0.3, 0.4) is 0 Å². The minimum atomic E-state index is -0.251. The van der Waals surface area contributed by atoms with Crippen molar-refractivity contribution in [2.75, 3.05) is 25.6 Å². The molecule has 2 aliphatic heterocycles. The fraction of sp³-hybridized carbons (Fsp3) is 0.308. The Morgan fingerprint density at radius 3 is 2.81 bits per heavy atom. The van der Waals surface area contributed by atoms with Gasteiger partial charge in [0, 0.05) is 19.3 Å². The summed E-state index contributed by atoms with van der Waals surface area (Å²) in [5.41, 5.74) is 2.45. The fourth-order valence-electron chi connectivity index (χ4n) is 4.27. The second-order valence-corrected chi connectivity index (χ2v) is 10.4. The maximum atomic E-state index is 13.5. The van der Waals surface area contributed by atoms with E-state index in [0.717, 1.165) is 36.3 Å². The quantitative estimate of drug-likeness (QED) is 0.368. The van der Waals surface area contributed by atoms with E-state index in [9.17, 15) is 9.59 Å². The topological polar surface area (TPSA) is 85.2 Å². The van der Waals surface area contributed by atoms with Crippen LogP contribution in [0, 0.1) is 6.92 Å². The normalized spacial score (nSPS) is 19.0. The molecule has 186 valence electrons. The first kappa shape index (κ1) is 24.5. The number of benzene rings is 1. The highest BCUT2D eigenvalue weighted by Gasteiger charge is 2.33. The number of aryl methyl sites for hydroxylation is 1. The van der Waals surface area contributed by atoms with E-state index < -0.39 is 0 Å². The van der Waals surface area contributed by atoms with Gasteiger partial charge >= 0.3 is 0 Å². The number of aromatic nitrogens is 2. The van der Waals surface area contributed by atoms with Crippen molar-refractivity contribution in [1.82, 2.24) is 14.3 Å². The van der Waals surface area contributed by atoms with E-state index in [1.165, 1.54) is 16.2 Å². The number of thiocarbonyl (C=S) groups is 1. The summed E-state index contributed by atoms with van der Waals surface area (Å²) >= 11 is 6.70. The zero-order valence-electron chi connectivity index (χ0n) is 20.0. The van der Waals surface area contributed by atoms with Crippen LogP contribution >= 0.6 is 24.0 Å². The number of fused-ring (bicyclic) bond motifs is 1. The van der Waals surface area contributed by atoms with Gasteiger partial charge < -0.3 is 14.8 Å². The molecule has 5 rings (SSSR count). The molecular formula is C26H26N4O4S2. The summed E-state index contributed by atoms with van der Waals surface area (Å²) in [5, 5.41) is 3.30. The molecule has 1 amide bonds. The molecule has 8 nitrogen and oxygen atoms in total. The number of carbonyl (C=O) groups excluding carboxylic acids is 1. The molecule has 0 bridgehead atoms. The number of methoxy groups -OCH3 is 1. The standard InChI is InChI=1S/C26H26N4O4S2/c1-16-5-3-11-29-23(16)28-22(27-14-19-6-4-12-34-19)20(24(29)31)13-21-25(32)30(26(35)36-21)15-17-7-9-18(33-2)10-8-17/h3,5,7-11,13,19,27H,4,6,12,14-15H2,1-2H3. The van der Waals surface area contributed by atoms with Gasteiger partial charge in [0.2, 0.25) is 0 Å². The molecule has 1 N–H and O–H groups in total. The maximum Gasteiger partial charge on any atom is 0.267 e. The molecule has 1 aromatic carbocycles. The summed E-state index contributed by atoms with van der Waals surface area (Å²) in [6, 6.07) is 11.2. The van der Waals surface area contributed by atoms with Crippen LogP contribution < -0.4 is 15.6 Å². The predicted molar refractivity (Wildman–Crippen MR) is 145 cm³/mol. The Hall–Kier alpha value is -3.21. The number of carbonyl (C=O) groups is 1. The lowest BCUT2D eigenvalue weighted by atomic mass is 10.2. The highest BCUT2D eigenvalue weighted by Crippen LogP contribution is 2.34. The number of ether oxygens (including phenoxy) is 2. The first-order valence-electron chi connectivity index (χ1n) is 11.7. The van der Waals surface area contributed by atoms with Crippen LogP contribution in [0.1, 0.15) is 29.5 Å². The lowest BCUT2D eigenvalue weighted by molar-refractivity contribution is -0.122. The first-order chi connectivity index (χ1) is 17.4. The van der Waals surface area contributed by atoms with Crippen LogP contribution in [0.2, 0.25) is 0 Å². The summed E-state index contributed by atoms with van der Waals surface area (Å²) in [5.74, 6) is 0.941. The predicted octanol–water partition coefficient (Wildman–Crippen LogP) is 4.00. The molecule has 1 unspecified atom stereocenters. The van der Waals surface area contributed by atoms with Crippen molar-refractivity contribution >= 4 is 51.7 Å². The molecule has 0 saturated carbocycles. The van der Waals surface area contributed by atoms with Crippen molar-refractivity contribution in [2.24, 2.45) is 0 Å². The Kier molecular flexibility index (Phi) is 7.08. The summed E-state index contributed by atoms with van der Waals surface area (Å²) in [6.07, 6.45) is 5.33. The Labute approximate surface area is 218 Å². The largest absolute Gasteiger partial charge is 0.497 e. The van der Waals surface area contributed by atoms with Gasteiger partial charge in [0.15, 0.2) is 0 Å². The van der Waals surface area contributed by atoms with Crippen molar-refractivity contribution in [1.29, 1.82) is 0 Å². The second-order valence-electron chi connectivity index (χ2n) is 8.70. The molecule has 4 heterocycles. The number of thioether (sulfide) groups is 1. The number of hydrogen-bond acceptors (Lipinski definition) is 8. The highest BCUT2D eigenvalue weighted by atomic mass is 32.2. The van der Waals surface area contributed by atoms with Gasteiger partial charge in [0.1, 0.15) is 21.5 Å². The summed E-state index contributed by atoms with van der Waals surface area (Å²) in [6.45, 7) is 3.52. The van der Waals surface area contributed by atoms with E-state index in [2.05, 4.69) is 5.32 Å². The van der Waals surface area contributed by atoms with Gasteiger partial charge in [-0.3, -0.25) is 18.9 Å². The number of hydrogen-bond donors (Lipinski definition) is 1. The average molecular weight is 523 g/mol. The summed E-state index contributed by atoms with van der Waals surface area (Å²) in [4.78, 5) is 33.5. The molecule has 2 saturated heterocycles. The van der Waals surface area contributed by atoms with Crippen LogP contribution in [0.5, 0.6) is 5.75 Å². The maximum absolute atomic E-state index is 13.5. The van der Waals surface area contributed by atoms with Crippen molar-refractivity contribution in [3.63, 3.8) is 0 Å². The second kappa shape index (κ2) is 10.4. The van der Waals surface area contributed by atoms with Gasteiger partial charge in [-0.2, -0.15) is 0 Å². The molecule has 2 aromatic heterocycles. The van der Waals surface area contributed by atoms with Crippen molar-refractivity contribution < 1.29 is 14.3 Å². The van der Waals surface area contributed by atoms with E-state index >= 15 is 0 Å². The molecule has 0 spiro atoms. The third-order valence-corrected chi connectivity index (χ3v) is 7.63. The third-order valence-electron chi connectivity index (χ3n) is 6.25. The number of pyridine rings is 1. The summed E-state index contributed by atoms with van der Waals surface area (Å²) < 4.78 is 12.9. The van der Waals surface area contributed by atoms with Gasteiger partial charge in [-0.25, -0.2) is 4.98 Å². The molecular weight excluding hydrogens is 496 g/mol. The van der Waals surface area contributed by atoms with E-state index in [1.54, 1.807) is 24.3 Å². The molecule has 36 heavy (non-hydrogen) atoms. The van der Waals surface area contributed by atoms with Crippen LogP contribution in [0.25, 0.3) is 11.7 Å². The Bertz CT molecular complexity index is 1410. The number of rotatable bonds is 7. The molecule has 0 radical (unpaired) electrons. The lowest BCUT2D eigenvalue weighted by Crippen LogP contribution is -2.27. The van der Waals surface area contributed by atoms with Crippen molar-refractivity contribution in [2.45, 2.75) is 32.4 Å². The molecule has 1 atom stereocenters. The van der Waals surface area contributed by atoms with Crippen molar-refractivity contribution in [3.8, 4) is 5.75 Å². The zero-order valence-corrected chi connectivity index (χ0v) is 21.7. The van der Waals surface area contributed by atoms with Crippen LogP contribution in [0.4, 0.5) is 5.82 Å². The van der Waals surface area contributed by atoms with E-state index in [-0.39, 0.29) is 17.6 Å².